The van der Waals surface area contributed by atoms with Gasteiger partial charge in [-0.1, -0.05) is 11.2 Å². The molecule has 1 N–H and O–H groups in total. The molecule has 0 radical (unpaired) electrons. The summed E-state index contributed by atoms with van der Waals surface area (Å²) in [5.41, 5.74) is 0.616. The first-order valence-corrected chi connectivity index (χ1v) is 3.43. The number of nitrogens with zero attached hydrogens (tertiary/aromatic N) is 2. The molecular formula is C6H5BrN2O. The molecule has 0 aliphatic heterocycles. The van der Waals surface area contributed by atoms with E-state index in [2.05, 4.69) is 26.1 Å². The van der Waals surface area contributed by atoms with Crippen molar-refractivity contribution in [3.05, 3.63) is 30.1 Å². The number of aromatic nitrogens is 1. The van der Waals surface area contributed by atoms with Gasteiger partial charge in [-0.15, -0.1) is 0 Å². The number of pyridine rings is 1. The van der Waals surface area contributed by atoms with Gasteiger partial charge in [0.2, 0.25) is 0 Å². The molecule has 0 aromatic carbocycles. The maximum atomic E-state index is 8.29. The third-order valence-electron chi connectivity index (χ3n) is 0.964. The molecule has 0 aliphatic rings. The van der Waals surface area contributed by atoms with Crippen LogP contribution >= 0.6 is 15.9 Å². The third kappa shape index (κ3) is 1.54. The molecule has 1 aromatic rings. The van der Waals surface area contributed by atoms with Gasteiger partial charge in [0.1, 0.15) is 0 Å². The van der Waals surface area contributed by atoms with Gasteiger partial charge in [0.15, 0.2) is 4.62 Å². The number of rotatable bonds is 1. The first-order chi connectivity index (χ1) is 4.84. The monoisotopic (exact) mass is 200 g/mol. The fraction of sp³-hybridized carbons (Fsp3) is 0. The van der Waals surface area contributed by atoms with Gasteiger partial charge in [-0.3, -0.25) is 4.98 Å². The van der Waals surface area contributed by atoms with Crippen LogP contribution in [-0.2, 0) is 0 Å². The maximum absolute atomic E-state index is 8.29. The SMILES string of the molecule is O/N=C(/Br)c1ccccn1. The Morgan fingerprint density at radius 3 is 2.90 bits per heavy atom. The zero-order valence-corrected chi connectivity index (χ0v) is 6.62. The first kappa shape index (κ1) is 7.21. The number of hydrogen-bond donors (Lipinski definition) is 1. The van der Waals surface area contributed by atoms with Crippen molar-refractivity contribution in [2.24, 2.45) is 5.16 Å². The molecule has 0 unspecified atom stereocenters. The van der Waals surface area contributed by atoms with E-state index < -0.39 is 0 Å². The summed E-state index contributed by atoms with van der Waals surface area (Å²) in [5.74, 6) is 0. The van der Waals surface area contributed by atoms with Crippen molar-refractivity contribution in [2.45, 2.75) is 0 Å². The number of hydrogen-bond acceptors (Lipinski definition) is 3. The Morgan fingerprint density at radius 2 is 2.40 bits per heavy atom. The second-order valence-corrected chi connectivity index (χ2v) is 2.36. The lowest BCUT2D eigenvalue weighted by molar-refractivity contribution is 0.321. The summed E-state index contributed by atoms with van der Waals surface area (Å²) in [6.45, 7) is 0. The van der Waals surface area contributed by atoms with Crippen LogP contribution in [0, 0.1) is 0 Å². The van der Waals surface area contributed by atoms with Crippen molar-refractivity contribution in [2.75, 3.05) is 0 Å². The van der Waals surface area contributed by atoms with Crippen molar-refractivity contribution < 1.29 is 5.21 Å². The highest BCUT2D eigenvalue weighted by atomic mass is 79.9. The highest BCUT2D eigenvalue weighted by Crippen LogP contribution is 2.01. The van der Waals surface area contributed by atoms with Crippen LogP contribution in [0.15, 0.2) is 29.6 Å². The fourth-order valence-electron chi connectivity index (χ4n) is 0.536. The summed E-state index contributed by atoms with van der Waals surface area (Å²) in [5, 5.41) is 11.2. The van der Waals surface area contributed by atoms with Crippen LogP contribution in [0.5, 0.6) is 0 Å². The molecule has 52 valence electrons. The van der Waals surface area contributed by atoms with Crippen molar-refractivity contribution in [1.29, 1.82) is 0 Å². The van der Waals surface area contributed by atoms with E-state index in [1.54, 1.807) is 18.3 Å². The van der Waals surface area contributed by atoms with E-state index in [9.17, 15) is 0 Å². The van der Waals surface area contributed by atoms with Gasteiger partial charge in [0, 0.05) is 6.20 Å². The zero-order valence-electron chi connectivity index (χ0n) is 5.03. The van der Waals surface area contributed by atoms with Gasteiger partial charge in [-0.2, -0.15) is 0 Å². The highest BCUT2D eigenvalue weighted by molar-refractivity contribution is 9.18. The molecule has 10 heavy (non-hydrogen) atoms. The van der Waals surface area contributed by atoms with E-state index in [4.69, 9.17) is 5.21 Å². The Labute approximate surface area is 66.5 Å². The lowest BCUT2D eigenvalue weighted by atomic mass is 10.4. The van der Waals surface area contributed by atoms with Crippen LogP contribution < -0.4 is 0 Å². The molecule has 0 spiro atoms. The summed E-state index contributed by atoms with van der Waals surface area (Å²) in [4.78, 5) is 3.91. The summed E-state index contributed by atoms with van der Waals surface area (Å²) in [6, 6.07) is 5.35. The van der Waals surface area contributed by atoms with Gasteiger partial charge in [-0.05, 0) is 28.1 Å². The molecule has 1 heterocycles. The van der Waals surface area contributed by atoms with Crippen molar-refractivity contribution in [3.63, 3.8) is 0 Å². The average Bonchev–Trinajstić information content (AvgIpc) is 2.05. The van der Waals surface area contributed by atoms with Crippen LogP contribution in [0.25, 0.3) is 0 Å². The normalized spacial score (nSPS) is 11.5. The standard InChI is InChI=1S/C6H5BrN2O/c7-6(9-10)5-3-1-2-4-8-5/h1-4,10H/b9-6+. The number of halogens is 1. The van der Waals surface area contributed by atoms with E-state index in [1.165, 1.54) is 0 Å². The van der Waals surface area contributed by atoms with E-state index >= 15 is 0 Å². The summed E-state index contributed by atoms with van der Waals surface area (Å²) < 4.78 is 0.341. The smallest absolute Gasteiger partial charge is 0.170 e. The zero-order chi connectivity index (χ0) is 7.40. The Bertz CT molecular complexity index is 235. The molecule has 1 aromatic heterocycles. The molecule has 0 amide bonds. The van der Waals surface area contributed by atoms with Crippen molar-refractivity contribution in [3.8, 4) is 0 Å². The van der Waals surface area contributed by atoms with E-state index in [0.29, 0.717) is 10.3 Å². The molecule has 0 atom stereocenters. The van der Waals surface area contributed by atoms with Gasteiger partial charge in [-0.25, -0.2) is 0 Å². The highest BCUT2D eigenvalue weighted by Gasteiger charge is 1.97. The van der Waals surface area contributed by atoms with E-state index in [0.717, 1.165) is 0 Å². The van der Waals surface area contributed by atoms with Crippen LogP contribution in [0.4, 0.5) is 0 Å². The maximum Gasteiger partial charge on any atom is 0.170 e. The second kappa shape index (κ2) is 3.31. The molecule has 0 saturated heterocycles. The van der Waals surface area contributed by atoms with E-state index in [1.807, 2.05) is 6.07 Å². The number of oxime groups is 1. The van der Waals surface area contributed by atoms with Crippen LogP contribution in [0.1, 0.15) is 5.69 Å². The molecule has 0 bridgehead atoms. The van der Waals surface area contributed by atoms with Crippen LogP contribution in [0.2, 0.25) is 0 Å². The minimum Gasteiger partial charge on any atom is -0.410 e. The quantitative estimate of drug-likeness (QED) is 0.426. The summed E-state index contributed by atoms with van der Waals surface area (Å²) >= 11 is 3.02. The molecule has 0 aliphatic carbocycles. The average molecular weight is 201 g/mol. The minimum absolute atomic E-state index is 0.341. The second-order valence-electron chi connectivity index (χ2n) is 1.61. The Hall–Kier alpha value is -0.900. The molecule has 1 rings (SSSR count). The Morgan fingerprint density at radius 1 is 1.60 bits per heavy atom. The molecule has 3 nitrogen and oxygen atoms in total. The van der Waals surface area contributed by atoms with Gasteiger partial charge in [0.05, 0.1) is 5.69 Å². The molecular weight excluding hydrogens is 196 g/mol. The molecule has 0 fully saturated rings. The van der Waals surface area contributed by atoms with Gasteiger partial charge in [0.25, 0.3) is 0 Å². The molecule has 4 heteroatoms. The van der Waals surface area contributed by atoms with Gasteiger partial charge < -0.3 is 5.21 Å². The third-order valence-corrected chi connectivity index (χ3v) is 1.53. The predicted molar refractivity (Wildman–Crippen MR) is 41.5 cm³/mol. The minimum atomic E-state index is 0.341. The lowest BCUT2D eigenvalue weighted by Gasteiger charge is -1.91. The topological polar surface area (TPSA) is 45.5 Å². The van der Waals surface area contributed by atoms with Gasteiger partial charge >= 0.3 is 0 Å². The first-order valence-electron chi connectivity index (χ1n) is 2.63. The summed E-state index contributed by atoms with van der Waals surface area (Å²) in [7, 11) is 0. The van der Waals surface area contributed by atoms with Crippen molar-refractivity contribution >= 4 is 20.6 Å². The van der Waals surface area contributed by atoms with Crippen molar-refractivity contribution in [1.82, 2.24) is 4.98 Å². The van der Waals surface area contributed by atoms with E-state index in [-0.39, 0.29) is 0 Å². The van der Waals surface area contributed by atoms with Crippen LogP contribution in [0.3, 0.4) is 0 Å². The predicted octanol–water partition coefficient (Wildman–Crippen LogP) is 1.61. The molecule has 0 saturated carbocycles. The van der Waals surface area contributed by atoms with Crippen LogP contribution in [-0.4, -0.2) is 14.8 Å². The lowest BCUT2D eigenvalue weighted by Crippen LogP contribution is -1.92. The fourth-order valence-corrected chi connectivity index (χ4v) is 0.771. The Balaban J connectivity index is 2.96. The summed E-state index contributed by atoms with van der Waals surface area (Å²) in [6.07, 6.45) is 1.63. The largest absolute Gasteiger partial charge is 0.410 e. The Kier molecular flexibility index (Phi) is 2.39.